The molecule has 0 aliphatic rings. The van der Waals surface area contributed by atoms with Crippen LogP contribution in [0.3, 0.4) is 0 Å². The largest absolute Gasteiger partial charge is 0.338 e. The Bertz CT molecular complexity index is 662. The summed E-state index contributed by atoms with van der Waals surface area (Å²) in [6.07, 6.45) is 0.852. The lowest BCUT2D eigenvalue weighted by atomic mass is 10.0. The van der Waals surface area contributed by atoms with Crippen molar-refractivity contribution in [2.75, 3.05) is 13.6 Å². The van der Waals surface area contributed by atoms with Crippen LogP contribution < -0.4 is 5.32 Å². The molecule has 0 bridgehead atoms. The van der Waals surface area contributed by atoms with Gasteiger partial charge in [0.25, 0.3) is 0 Å². The molecule has 0 heterocycles. The van der Waals surface area contributed by atoms with Gasteiger partial charge in [-0.05, 0) is 36.0 Å². The first-order valence-electron chi connectivity index (χ1n) is 8.59. The molecule has 0 aliphatic carbocycles. The van der Waals surface area contributed by atoms with E-state index in [1.807, 2.05) is 7.05 Å². The molecule has 0 aromatic heterocycles. The lowest BCUT2D eigenvalue weighted by Gasteiger charge is -2.18. The maximum atomic E-state index is 12.2. The molecule has 2 aromatic rings. The molecule has 2 rings (SSSR count). The molecule has 3 heteroatoms. The van der Waals surface area contributed by atoms with E-state index in [2.05, 4.69) is 74.6 Å². The minimum Gasteiger partial charge on any atom is -0.338 e. The van der Waals surface area contributed by atoms with E-state index in [1.54, 1.807) is 4.90 Å². The molecular formula is C21H28N2O. The molecular weight excluding hydrogens is 296 g/mol. The predicted octanol–water partition coefficient (Wildman–Crippen LogP) is 4.50. The molecule has 0 atom stereocenters. The fourth-order valence-corrected chi connectivity index (χ4v) is 2.67. The van der Waals surface area contributed by atoms with Crippen LogP contribution in [0.15, 0.2) is 48.5 Å². The van der Waals surface area contributed by atoms with Gasteiger partial charge in [0.05, 0.1) is 0 Å². The third kappa shape index (κ3) is 5.41. The number of hydrogen-bond donors (Lipinski definition) is 1. The fraction of sp³-hybridized carbons (Fsp3) is 0.381. The average Bonchev–Trinajstić information content (AvgIpc) is 2.55. The Morgan fingerprint density at radius 2 is 1.79 bits per heavy atom. The first kappa shape index (κ1) is 18.1. The van der Waals surface area contributed by atoms with Gasteiger partial charge in [-0.15, -0.1) is 0 Å². The number of nitrogens with zero attached hydrogens (tertiary/aromatic N) is 1. The highest BCUT2D eigenvalue weighted by atomic mass is 16.2. The van der Waals surface area contributed by atoms with Crippen LogP contribution in [0.25, 0.3) is 0 Å². The van der Waals surface area contributed by atoms with Gasteiger partial charge in [0.2, 0.25) is 0 Å². The number of carbonyl (C=O) groups is 1. The number of aryl methyl sites for hydroxylation is 1. The number of nitrogens with one attached hydrogen (secondary N) is 1. The van der Waals surface area contributed by atoms with E-state index in [1.165, 1.54) is 16.7 Å². The standard InChI is InChI=1S/C21H28N2O/c1-16(2)20-10-8-19(9-11-20)15-23(4)21(24)22-13-12-18-7-5-6-17(3)14-18/h5-11,14,16H,12-13,15H2,1-4H3,(H,22,24). The third-order valence-electron chi connectivity index (χ3n) is 4.19. The fourth-order valence-electron chi connectivity index (χ4n) is 2.67. The quantitative estimate of drug-likeness (QED) is 0.833. The summed E-state index contributed by atoms with van der Waals surface area (Å²) in [6, 6.07) is 16.9. The van der Waals surface area contributed by atoms with Gasteiger partial charge in [-0.3, -0.25) is 0 Å². The van der Waals surface area contributed by atoms with E-state index in [-0.39, 0.29) is 6.03 Å². The van der Waals surface area contributed by atoms with Gasteiger partial charge in [-0.25, -0.2) is 4.79 Å². The van der Waals surface area contributed by atoms with E-state index in [0.29, 0.717) is 19.0 Å². The topological polar surface area (TPSA) is 32.3 Å². The van der Waals surface area contributed by atoms with Crippen LogP contribution in [-0.2, 0) is 13.0 Å². The molecule has 2 amide bonds. The minimum atomic E-state index is -0.0319. The monoisotopic (exact) mass is 324 g/mol. The predicted molar refractivity (Wildman–Crippen MR) is 100 cm³/mol. The molecule has 0 saturated carbocycles. The molecule has 0 saturated heterocycles. The third-order valence-corrected chi connectivity index (χ3v) is 4.19. The van der Waals surface area contributed by atoms with Gasteiger partial charge in [-0.2, -0.15) is 0 Å². The summed E-state index contributed by atoms with van der Waals surface area (Å²) in [4.78, 5) is 13.9. The van der Waals surface area contributed by atoms with Crippen LogP contribution in [0.1, 0.15) is 42.0 Å². The van der Waals surface area contributed by atoms with Crippen molar-refractivity contribution >= 4 is 6.03 Å². The Morgan fingerprint density at radius 1 is 1.08 bits per heavy atom. The number of carbonyl (C=O) groups excluding carboxylic acids is 1. The Kier molecular flexibility index (Phi) is 6.42. The van der Waals surface area contributed by atoms with Crippen LogP contribution in [0.4, 0.5) is 4.79 Å². The van der Waals surface area contributed by atoms with E-state index in [0.717, 1.165) is 12.0 Å². The van der Waals surface area contributed by atoms with Crippen molar-refractivity contribution in [3.05, 3.63) is 70.8 Å². The lowest BCUT2D eigenvalue weighted by Crippen LogP contribution is -2.37. The molecule has 0 fully saturated rings. The molecule has 1 N–H and O–H groups in total. The molecule has 24 heavy (non-hydrogen) atoms. The maximum absolute atomic E-state index is 12.2. The zero-order valence-electron chi connectivity index (χ0n) is 15.2. The first-order chi connectivity index (χ1) is 11.5. The van der Waals surface area contributed by atoms with Crippen LogP contribution in [-0.4, -0.2) is 24.5 Å². The van der Waals surface area contributed by atoms with Gasteiger partial charge in [-0.1, -0.05) is 67.9 Å². The zero-order chi connectivity index (χ0) is 17.5. The highest BCUT2D eigenvalue weighted by Crippen LogP contribution is 2.15. The average molecular weight is 324 g/mol. The van der Waals surface area contributed by atoms with Gasteiger partial charge >= 0.3 is 6.03 Å². The van der Waals surface area contributed by atoms with Crippen molar-refractivity contribution in [1.29, 1.82) is 0 Å². The number of amides is 2. The minimum absolute atomic E-state index is 0.0319. The van der Waals surface area contributed by atoms with Gasteiger partial charge in [0.1, 0.15) is 0 Å². The van der Waals surface area contributed by atoms with Crippen molar-refractivity contribution in [2.45, 2.75) is 39.7 Å². The SMILES string of the molecule is Cc1cccc(CCNC(=O)N(C)Cc2ccc(C(C)C)cc2)c1. The number of rotatable bonds is 6. The summed E-state index contributed by atoms with van der Waals surface area (Å²) in [7, 11) is 1.83. The summed E-state index contributed by atoms with van der Waals surface area (Å²) < 4.78 is 0. The Morgan fingerprint density at radius 3 is 2.42 bits per heavy atom. The number of benzene rings is 2. The van der Waals surface area contributed by atoms with E-state index in [4.69, 9.17) is 0 Å². The van der Waals surface area contributed by atoms with Gasteiger partial charge in [0.15, 0.2) is 0 Å². The number of hydrogen-bond acceptors (Lipinski definition) is 1. The molecule has 0 radical (unpaired) electrons. The summed E-state index contributed by atoms with van der Waals surface area (Å²) in [5, 5.41) is 2.99. The number of urea groups is 1. The molecule has 0 aliphatic heterocycles. The maximum Gasteiger partial charge on any atom is 0.317 e. The lowest BCUT2D eigenvalue weighted by molar-refractivity contribution is 0.207. The van der Waals surface area contributed by atoms with E-state index in [9.17, 15) is 4.79 Å². The summed E-state index contributed by atoms with van der Waals surface area (Å²) in [5.41, 5.74) is 4.97. The van der Waals surface area contributed by atoms with Crippen LogP contribution >= 0.6 is 0 Å². The molecule has 128 valence electrons. The Hall–Kier alpha value is -2.29. The van der Waals surface area contributed by atoms with Gasteiger partial charge in [0, 0.05) is 20.1 Å². The molecule has 3 nitrogen and oxygen atoms in total. The van der Waals surface area contributed by atoms with E-state index < -0.39 is 0 Å². The molecule has 0 spiro atoms. The van der Waals surface area contributed by atoms with Crippen molar-refractivity contribution in [2.24, 2.45) is 0 Å². The van der Waals surface area contributed by atoms with Crippen LogP contribution in [0.2, 0.25) is 0 Å². The van der Waals surface area contributed by atoms with Gasteiger partial charge < -0.3 is 10.2 Å². The van der Waals surface area contributed by atoms with Crippen molar-refractivity contribution in [1.82, 2.24) is 10.2 Å². The Balaban J connectivity index is 1.79. The van der Waals surface area contributed by atoms with Crippen molar-refractivity contribution in [3.8, 4) is 0 Å². The van der Waals surface area contributed by atoms with Crippen LogP contribution in [0, 0.1) is 6.92 Å². The summed E-state index contributed by atoms with van der Waals surface area (Å²) >= 11 is 0. The highest BCUT2D eigenvalue weighted by Gasteiger charge is 2.09. The summed E-state index contributed by atoms with van der Waals surface area (Å²) in [5.74, 6) is 0.529. The Labute approximate surface area is 145 Å². The van der Waals surface area contributed by atoms with Crippen molar-refractivity contribution in [3.63, 3.8) is 0 Å². The van der Waals surface area contributed by atoms with E-state index >= 15 is 0 Å². The van der Waals surface area contributed by atoms with Crippen molar-refractivity contribution < 1.29 is 4.79 Å². The van der Waals surface area contributed by atoms with Crippen LogP contribution in [0.5, 0.6) is 0 Å². The summed E-state index contributed by atoms with van der Waals surface area (Å²) in [6.45, 7) is 7.72. The second kappa shape index (κ2) is 8.53. The smallest absolute Gasteiger partial charge is 0.317 e. The normalized spacial score (nSPS) is 10.7. The second-order valence-electron chi connectivity index (χ2n) is 6.72. The second-order valence-corrected chi connectivity index (χ2v) is 6.72. The zero-order valence-corrected chi connectivity index (χ0v) is 15.2. The molecule has 2 aromatic carbocycles. The first-order valence-corrected chi connectivity index (χ1v) is 8.59. The highest BCUT2D eigenvalue weighted by molar-refractivity contribution is 5.73. The molecule has 0 unspecified atom stereocenters.